The Morgan fingerprint density at radius 3 is 2.24 bits per heavy atom. The first-order valence-electron chi connectivity index (χ1n) is 5.46. The summed E-state index contributed by atoms with van der Waals surface area (Å²) < 4.78 is 30.1. The van der Waals surface area contributed by atoms with E-state index in [1.54, 1.807) is 0 Å². The SMILES string of the molecule is CC[N+](/C=C/C(=O)[O-])(CC)CCCS(=O)(=O)O. The summed E-state index contributed by atoms with van der Waals surface area (Å²) in [5.74, 6) is -1.59. The summed E-state index contributed by atoms with van der Waals surface area (Å²) >= 11 is 0. The molecule has 7 heteroatoms. The van der Waals surface area contributed by atoms with Crippen molar-refractivity contribution in [3.05, 3.63) is 12.3 Å². The second-order valence-electron chi connectivity index (χ2n) is 3.85. The molecular weight excluding hydrogens is 246 g/mol. The number of carbonyl (C=O) groups is 1. The maximum Gasteiger partial charge on any atom is 0.265 e. The lowest BCUT2D eigenvalue weighted by atomic mass is 10.3. The van der Waals surface area contributed by atoms with Crippen molar-refractivity contribution in [3.8, 4) is 0 Å². The summed E-state index contributed by atoms with van der Waals surface area (Å²) in [6.07, 6.45) is 2.73. The minimum atomic E-state index is -3.96. The Balaban J connectivity index is 4.56. The van der Waals surface area contributed by atoms with Gasteiger partial charge in [-0.15, -0.1) is 0 Å². The van der Waals surface area contributed by atoms with Crippen LogP contribution in [0, 0.1) is 0 Å². The van der Waals surface area contributed by atoms with Crippen molar-refractivity contribution >= 4 is 16.1 Å². The lowest BCUT2D eigenvalue weighted by Gasteiger charge is -2.32. The van der Waals surface area contributed by atoms with Crippen molar-refractivity contribution in [2.24, 2.45) is 0 Å². The summed E-state index contributed by atoms with van der Waals surface area (Å²) in [5.41, 5.74) is 0. The summed E-state index contributed by atoms with van der Waals surface area (Å²) in [6, 6.07) is 0. The molecule has 0 saturated carbocycles. The Bertz CT molecular complexity index is 370. The Kier molecular flexibility index (Phi) is 6.36. The summed E-state index contributed by atoms with van der Waals surface area (Å²) in [7, 11) is -3.96. The average Bonchev–Trinajstić information content (AvgIpc) is 2.21. The van der Waals surface area contributed by atoms with Crippen LogP contribution < -0.4 is 5.11 Å². The van der Waals surface area contributed by atoms with Crippen LogP contribution in [0.3, 0.4) is 0 Å². The van der Waals surface area contributed by atoms with Crippen LogP contribution in [0.15, 0.2) is 12.3 Å². The molecule has 6 nitrogen and oxygen atoms in total. The molecule has 0 aliphatic heterocycles. The van der Waals surface area contributed by atoms with Gasteiger partial charge in [0.2, 0.25) is 0 Å². The van der Waals surface area contributed by atoms with Crippen LogP contribution in [0.4, 0.5) is 0 Å². The van der Waals surface area contributed by atoms with E-state index in [0.717, 1.165) is 6.08 Å². The van der Waals surface area contributed by atoms with E-state index in [9.17, 15) is 18.3 Å². The van der Waals surface area contributed by atoms with Gasteiger partial charge < -0.3 is 9.90 Å². The fraction of sp³-hybridized carbons (Fsp3) is 0.700. The molecule has 0 fully saturated rings. The van der Waals surface area contributed by atoms with Gasteiger partial charge in [0, 0.05) is 12.5 Å². The van der Waals surface area contributed by atoms with Crippen molar-refractivity contribution < 1.29 is 27.4 Å². The van der Waals surface area contributed by atoms with Gasteiger partial charge >= 0.3 is 0 Å². The van der Waals surface area contributed by atoms with Crippen LogP contribution in [0.5, 0.6) is 0 Å². The number of hydrogen-bond donors (Lipinski definition) is 1. The number of carbonyl (C=O) groups excluding carboxylic acids is 1. The molecule has 0 atom stereocenters. The molecule has 0 heterocycles. The summed E-state index contributed by atoms with van der Waals surface area (Å²) in [4.78, 5) is 10.4. The molecule has 0 aromatic carbocycles. The monoisotopic (exact) mass is 265 g/mol. The fourth-order valence-corrected chi connectivity index (χ4v) is 2.10. The van der Waals surface area contributed by atoms with E-state index < -0.39 is 16.1 Å². The highest BCUT2D eigenvalue weighted by atomic mass is 32.2. The van der Waals surface area contributed by atoms with E-state index in [2.05, 4.69) is 0 Å². The van der Waals surface area contributed by atoms with Gasteiger partial charge in [0.1, 0.15) is 0 Å². The third-order valence-electron chi connectivity index (χ3n) is 2.79. The number of carboxylic acid groups (broad SMARTS) is 1. The predicted octanol–water partition coefficient (Wildman–Crippen LogP) is -0.615. The van der Waals surface area contributed by atoms with Crippen molar-refractivity contribution in [2.75, 3.05) is 25.4 Å². The first kappa shape index (κ1) is 16.1. The molecule has 0 bridgehead atoms. The number of nitrogens with zero attached hydrogens (tertiary/aromatic N) is 1. The number of carboxylic acids is 1. The lowest BCUT2D eigenvalue weighted by Crippen LogP contribution is -2.44. The van der Waals surface area contributed by atoms with E-state index in [-0.39, 0.29) is 12.2 Å². The molecule has 17 heavy (non-hydrogen) atoms. The maximum absolute atomic E-state index is 10.6. The Morgan fingerprint density at radius 1 is 1.35 bits per heavy atom. The molecule has 0 aromatic rings. The van der Waals surface area contributed by atoms with Gasteiger partial charge in [-0.3, -0.25) is 9.04 Å². The molecular formula is C10H19NO5S. The Morgan fingerprint density at radius 2 is 1.88 bits per heavy atom. The molecule has 0 unspecified atom stereocenters. The van der Waals surface area contributed by atoms with E-state index in [1.165, 1.54) is 6.20 Å². The van der Waals surface area contributed by atoms with Crippen LogP contribution in [0.25, 0.3) is 0 Å². The van der Waals surface area contributed by atoms with Crippen LogP contribution in [-0.2, 0) is 14.9 Å². The maximum atomic E-state index is 10.6. The molecule has 0 rings (SSSR count). The largest absolute Gasteiger partial charge is 0.545 e. The topological polar surface area (TPSA) is 94.5 Å². The molecule has 1 N–H and O–H groups in total. The molecule has 100 valence electrons. The van der Waals surface area contributed by atoms with Gasteiger partial charge in [-0.25, -0.2) is 0 Å². The highest BCUT2D eigenvalue weighted by molar-refractivity contribution is 7.85. The number of hydrogen-bond acceptors (Lipinski definition) is 4. The van der Waals surface area contributed by atoms with Gasteiger partial charge in [-0.1, -0.05) is 0 Å². The summed E-state index contributed by atoms with van der Waals surface area (Å²) in [5, 5.41) is 10.4. The molecule has 0 radical (unpaired) electrons. The zero-order chi connectivity index (χ0) is 13.5. The quantitative estimate of drug-likeness (QED) is 0.359. The second-order valence-corrected chi connectivity index (χ2v) is 5.42. The second kappa shape index (κ2) is 6.73. The van der Waals surface area contributed by atoms with Gasteiger partial charge in [0.15, 0.2) is 0 Å². The van der Waals surface area contributed by atoms with E-state index >= 15 is 0 Å². The molecule has 0 aromatic heterocycles. The highest BCUT2D eigenvalue weighted by Gasteiger charge is 2.20. The van der Waals surface area contributed by atoms with Crippen LogP contribution in [0.2, 0.25) is 0 Å². The summed E-state index contributed by atoms with van der Waals surface area (Å²) in [6.45, 7) is 5.52. The Labute approximate surface area is 102 Å². The van der Waals surface area contributed by atoms with Crippen LogP contribution >= 0.6 is 0 Å². The standard InChI is InChI=1S/C10H19NO5S/c1-3-11(4-2,8-6-10(12)13)7-5-9-17(14,15)16/h6,8H,3-5,7,9H2,1-2H3,(H-,12,13,14,15,16)/b8-6+. The number of rotatable bonds is 8. The van der Waals surface area contributed by atoms with Crippen molar-refractivity contribution in [1.29, 1.82) is 0 Å². The van der Waals surface area contributed by atoms with E-state index in [4.69, 9.17) is 4.55 Å². The predicted molar refractivity (Wildman–Crippen MR) is 61.4 cm³/mol. The fourth-order valence-electron chi connectivity index (χ4n) is 1.61. The Hall–Kier alpha value is -0.920. The van der Waals surface area contributed by atoms with Crippen molar-refractivity contribution in [2.45, 2.75) is 20.3 Å². The van der Waals surface area contributed by atoms with E-state index in [0.29, 0.717) is 24.1 Å². The van der Waals surface area contributed by atoms with Gasteiger partial charge in [0.25, 0.3) is 10.1 Å². The van der Waals surface area contributed by atoms with Crippen LogP contribution in [0.1, 0.15) is 20.3 Å². The number of aliphatic carboxylic acids is 1. The molecule has 0 aliphatic rings. The first-order chi connectivity index (χ1) is 7.74. The molecule has 0 amide bonds. The molecule has 0 saturated heterocycles. The third-order valence-corrected chi connectivity index (χ3v) is 3.60. The minimum Gasteiger partial charge on any atom is -0.545 e. The number of quaternary nitrogens is 1. The average molecular weight is 265 g/mol. The smallest absolute Gasteiger partial charge is 0.265 e. The minimum absolute atomic E-state index is 0.276. The van der Waals surface area contributed by atoms with Crippen molar-refractivity contribution in [3.63, 3.8) is 0 Å². The zero-order valence-electron chi connectivity index (χ0n) is 10.1. The van der Waals surface area contributed by atoms with Crippen LogP contribution in [-0.4, -0.2) is 48.8 Å². The first-order valence-corrected chi connectivity index (χ1v) is 7.07. The molecule has 0 spiro atoms. The van der Waals surface area contributed by atoms with Crippen molar-refractivity contribution in [1.82, 2.24) is 0 Å². The van der Waals surface area contributed by atoms with Gasteiger partial charge in [-0.05, 0) is 13.8 Å². The zero-order valence-corrected chi connectivity index (χ0v) is 10.9. The third kappa shape index (κ3) is 7.09. The normalized spacial score (nSPS) is 13.1. The van der Waals surface area contributed by atoms with Gasteiger partial charge in [0.05, 0.1) is 37.6 Å². The molecule has 0 aliphatic carbocycles. The van der Waals surface area contributed by atoms with Gasteiger partial charge in [-0.2, -0.15) is 8.42 Å². The lowest BCUT2D eigenvalue weighted by molar-refractivity contribution is -0.875. The highest BCUT2D eigenvalue weighted by Crippen LogP contribution is 2.09. The van der Waals surface area contributed by atoms with E-state index in [1.807, 2.05) is 13.8 Å².